The van der Waals surface area contributed by atoms with Crippen molar-refractivity contribution in [3.05, 3.63) is 34.4 Å². The van der Waals surface area contributed by atoms with Crippen LogP contribution in [0.5, 0.6) is 0 Å². The second-order valence-electron chi connectivity index (χ2n) is 4.78. The molecule has 1 aliphatic heterocycles. The van der Waals surface area contributed by atoms with Crippen LogP contribution in [0.4, 0.5) is 5.69 Å². The lowest BCUT2D eigenvalue weighted by Crippen LogP contribution is -2.41. The largest absolute Gasteiger partial charge is 0.396 e. The van der Waals surface area contributed by atoms with E-state index in [1.807, 2.05) is 0 Å². The summed E-state index contributed by atoms with van der Waals surface area (Å²) in [6.45, 7) is 0.443. The van der Waals surface area contributed by atoms with Crippen molar-refractivity contribution in [2.75, 3.05) is 19.7 Å². The minimum Gasteiger partial charge on any atom is -0.396 e. The first-order valence-electron chi connectivity index (χ1n) is 6.31. The van der Waals surface area contributed by atoms with Crippen LogP contribution in [-0.4, -0.2) is 42.4 Å². The monoisotopic (exact) mass is 300 g/mol. The summed E-state index contributed by atoms with van der Waals surface area (Å²) in [7, 11) is -3.90. The molecule has 1 aliphatic rings. The van der Waals surface area contributed by atoms with Crippen LogP contribution in [0.3, 0.4) is 0 Å². The van der Waals surface area contributed by atoms with Gasteiger partial charge in [-0.25, -0.2) is 8.42 Å². The average Bonchev–Trinajstić information content (AvgIpc) is 2.47. The Bertz CT molecular complexity index is 602. The highest BCUT2D eigenvalue weighted by atomic mass is 32.2. The molecule has 1 N–H and O–H groups in total. The number of aliphatic hydroxyl groups is 1. The summed E-state index contributed by atoms with van der Waals surface area (Å²) < 4.78 is 26.2. The van der Waals surface area contributed by atoms with Gasteiger partial charge in [-0.3, -0.25) is 10.1 Å². The van der Waals surface area contributed by atoms with Crippen molar-refractivity contribution in [2.45, 2.75) is 17.7 Å². The number of piperidine rings is 1. The molecule has 1 aromatic rings. The Balaban J connectivity index is 2.38. The molecule has 1 fully saturated rings. The van der Waals surface area contributed by atoms with Crippen LogP contribution >= 0.6 is 0 Å². The summed E-state index contributed by atoms with van der Waals surface area (Å²) in [5, 5.41) is 20.1. The summed E-state index contributed by atoms with van der Waals surface area (Å²) in [5.74, 6) is -0.110. The smallest absolute Gasteiger partial charge is 0.289 e. The SMILES string of the molecule is O=[N+]([O-])c1ccccc1S(=O)(=O)N1CCCC(CO)C1. The summed E-state index contributed by atoms with van der Waals surface area (Å²) in [4.78, 5) is 9.97. The van der Waals surface area contributed by atoms with Crippen molar-refractivity contribution >= 4 is 15.7 Å². The van der Waals surface area contributed by atoms with E-state index < -0.39 is 20.6 Å². The number of hydrogen-bond donors (Lipinski definition) is 1. The molecule has 2 rings (SSSR count). The van der Waals surface area contributed by atoms with Gasteiger partial charge in [0, 0.05) is 25.8 Å². The van der Waals surface area contributed by atoms with Crippen molar-refractivity contribution in [2.24, 2.45) is 5.92 Å². The summed E-state index contributed by atoms with van der Waals surface area (Å²) in [5.41, 5.74) is -0.418. The van der Waals surface area contributed by atoms with Crippen LogP contribution in [0, 0.1) is 16.0 Å². The van der Waals surface area contributed by atoms with Gasteiger partial charge in [0.25, 0.3) is 5.69 Å². The predicted molar refractivity (Wildman–Crippen MR) is 71.7 cm³/mol. The Morgan fingerprint density at radius 2 is 2.10 bits per heavy atom. The Labute approximate surface area is 117 Å². The van der Waals surface area contributed by atoms with Gasteiger partial charge < -0.3 is 5.11 Å². The van der Waals surface area contributed by atoms with E-state index in [1.165, 1.54) is 28.6 Å². The van der Waals surface area contributed by atoms with Gasteiger partial charge in [0.05, 0.1) is 4.92 Å². The third-order valence-electron chi connectivity index (χ3n) is 3.42. The molecule has 7 nitrogen and oxygen atoms in total. The van der Waals surface area contributed by atoms with E-state index in [9.17, 15) is 18.5 Å². The highest BCUT2D eigenvalue weighted by Crippen LogP contribution is 2.29. The van der Waals surface area contributed by atoms with Crippen LogP contribution in [-0.2, 0) is 10.0 Å². The molecule has 1 unspecified atom stereocenters. The van der Waals surface area contributed by atoms with E-state index in [2.05, 4.69) is 0 Å². The summed E-state index contributed by atoms with van der Waals surface area (Å²) in [6, 6.07) is 5.33. The molecule has 0 spiro atoms. The van der Waals surface area contributed by atoms with Gasteiger partial charge in [-0.15, -0.1) is 0 Å². The molecule has 20 heavy (non-hydrogen) atoms. The van der Waals surface area contributed by atoms with E-state index in [-0.39, 0.29) is 24.0 Å². The molecule has 0 saturated carbocycles. The van der Waals surface area contributed by atoms with Gasteiger partial charge >= 0.3 is 0 Å². The normalized spacial score (nSPS) is 20.8. The van der Waals surface area contributed by atoms with Crippen molar-refractivity contribution in [1.29, 1.82) is 0 Å². The molecule has 0 bridgehead atoms. The lowest BCUT2D eigenvalue weighted by Gasteiger charge is -2.30. The number of sulfonamides is 1. The molecular formula is C12H16N2O5S. The van der Waals surface area contributed by atoms with Gasteiger partial charge in [-0.1, -0.05) is 12.1 Å². The molecule has 0 aliphatic carbocycles. The van der Waals surface area contributed by atoms with Crippen molar-refractivity contribution in [3.8, 4) is 0 Å². The zero-order valence-corrected chi connectivity index (χ0v) is 11.6. The fraction of sp³-hybridized carbons (Fsp3) is 0.500. The van der Waals surface area contributed by atoms with Gasteiger partial charge in [-0.05, 0) is 24.8 Å². The minimum absolute atomic E-state index is 0.0805. The summed E-state index contributed by atoms with van der Waals surface area (Å²) in [6.07, 6.45) is 1.41. The van der Waals surface area contributed by atoms with Crippen LogP contribution in [0.2, 0.25) is 0 Å². The highest BCUT2D eigenvalue weighted by molar-refractivity contribution is 7.89. The molecule has 1 heterocycles. The topological polar surface area (TPSA) is 101 Å². The standard InChI is InChI=1S/C12H16N2O5S/c15-9-10-4-3-7-13(8-10)20(18,19)12-6-2-1-5-11(12)14(16)17/h1-2,5-6,10,15H,3-4,7-9H2. The molecule has 8 heteroatoms. The van der Waals surface area contributed by atoms with E-state index in [0.29, 0.717) is 13.0 Å². The Morgan fingerprint density at radius 3 is 2.75 bits per heavy atom. The number of benzene rings is 1. The maximum Gasteiger partial charge on any atom is 0.289 e. The first-order chi connectivity index (χ1) is 9.46. The molecule has 1 aromatic carbocycles. The van der Waals surface area contributed by atoms with Crippen molar-refractivity contribution in [3.63, 3.8) is 0 Å². The van der Waals surface area contributed by atoms with Crippen LogP contribution in [0.25, 0.3) is 0 Å². The molecule has 1 atom stereocenters. The highest BCUT2D eigenvalue weighted by Gasteiger charge is 2.34. The zero-order chi connectivity index (χ0) is 14.8. The lowest BCUT2D eigenvalue weighted by molar-refractivity contribution is -0.387. The second kappa shape index (κ2) is 5.86. The average molecular weight is 300 g/mol. The van der Waals surface area contributed by atoms with E-state index in [0.717, 1.165) is 6.42 Å². The number of rotatable bonds is 4. The maximum absolute atomic E-state index is 12.5. The van der Waals surface area contributed by atoms with E-state index >= 15 is 0 Å². The Kier molecular flexibility index (Phi) is 4.36. The number of nitro groups is 1. The van der Waals surface area contributed by atoms with Crippen LogP contribution < -0.4 is 0 Å². The Morgan fingerprint density at radius 1 is 1.40 bits per heavy atom. The van der Waals surface area contributed by atoms with Gasteiger partial charge in [0.2, 0.25) is 10.0 Å². The number of hydrogen-bond acceptors (Lipinski definition) is 5. The number of nitrogens with zero attached hydrogens (tertiary/aromatic N) is 2. The third-order valence-corrected chi connectivity index (χ3v) is 5.33. The molecule has 110 valence electrons. The van der Waals surface area contributed by atoms with Crippen molar-refractivity contribution in [1.82, 2.24) is 4.31 Å². The number of nitro benzene ring substituents is 1. The maximum atomic E-state index is 12.5. The molecule has 0 aromatic heterocycles. The lowest BCUT2D eigenvalue weighted by atomic mass is 10.0. The quantitative estimate of drug-likeness (QED) is 0.660. The van der Waals surface area contributed by atoms with Gasteiger partial charge in [0.15, 0.2) is 4.90 Å². The fourth-order valence-corrected chi connectivity index (χ4v) is 4.07. The molecular weight excluding hydrogens is 284 g/mol. The molecule has 1 saturated heterocycles. The first kappa shape index (κ1) is 14.9. The zero-order valence-electron chi connectivity index (χ0n) is 10.8. The molecule has 0 radical (unpaired) electrons. The number of aliphatic hydroxyl groups excluding tert-OH is 1. The number of para-hydroxylation sites is 1. The molecule has 0 amide bonds. The first-order valence-corrected chi connectivity index (χ1v) is 7.75. The minimum atomic E-state index is -3.90. The van der Waals surface area contributed by atoms with Gasteiger partial charge in [0.1, 0.15) is 0 Å². The third kappa shape index (κ3) is 2.82. The fourth-order valence-electron chi connectivity index (χ4n) is 2.36. The Hall–Kier alpha value is -1.51. The van der Waals surface area contributed by atoms with Gasteiger partial charge in [-0.2, -0.15) is 4.31 Å². The second-order valence-corrected chi connectivity index (χ2v) is 6.69. The van der Waals surface area contributed by atoms with Crippen LogP contribution in [0.1, 0.15) is 12.8 Å². The van der Waals surface area contributed by atoms with E-state index in [1.54, 1.807) is 0 Å². The summed E-state index contributed by atoms with van der Waals surface area (Å²) >= 11 is 0. The van der Waals surface area contributed by atoms with Crippen LogP contribution in [0.15, 0.2) is 29.2 Å². The van der Waals surface area contributed by atoms with E-state index in [4.69, 9.17) is 5.11 Å². The van der Waals surface area contributed by atoms with Crippen molar-refractivity contribution < 1.29 is 18.4 Å². The predicted octanol–water partition coefficient (Wildman–Crippen LogP) is 0.988.